The van der Waals surface area contributed by atoms with Crippen LogP contribution >= 0.6 is 11.8 Å². The van der Waals surface area contributed by atoms with Crippen molar-refractivity contribution in [3.05, 3.63) is 42.1 Å². The third kappa shape index (κ3) is 4.19. The van der Waals surface area contributed by atoms with E-state index in [1.807, 2.05) is 18.2 Å². The lowest BCUT2D eigenvalue weighted by Gasteiger charge is -2.12. The molecule has 0 aliphatic carbocycles. The molecule has 1 aromatic heterocycles. The van der Waals surface area contributed by atoms with E-state index in [-0.39, 0.29) is 4.90 Å². The summed E-state index contributed by atoms with van der Waals surface area (Å²) >= 11 is 1.49. The van der Waals surface area contributed by atoms with Crippen LogP contribution in [0.2, 0.25) is 0 Å². The highest BCUT2D eigenvalue weighted by Gasteiger charge is 2.17. The van der Waals surface area contributed by atoms with Gasteiger partial charge in [0.15, 0.2) is 0 Å². The molecule has 130 valence electrons. The summed E-state index contributed by atoms with van der Waals surface area (Å²) in [6, 6.07) is 8.87. The van der Waals surface area contributed by atoms with Crippen LogP contribution < -0.4 is 9.47 Å². The van der Waals surface area contributed by atoms with Crippen LogP contribution in [-0.2, 0) is 15.8 Å². The molecule has 0 N–H and O–H groups in total. The Hall–Kier alpha value is -1.77. The normalized spacial score (nSPS) is 11.5. The molecule has 24 heavy (non-hydrogen) atoms. The summed E-state index contributed by atoms with van der Waals surface area (Å²) in [5.41, 5.74) is 0.980. The van der Waals surface area contributed by atoms with Gasteiger partial charge in [-0.15, -0.1) is 11.8 Å². The minimum atomic E-state index is -3.46. The maximum absolute atomic E-state index is 12.0. The van der Waals surface area contributed by atoms with Crippen LogP contribution in [-0.4, -0.2) is 46.0 Å². The third-order valence-electron chi connectivity index (χ3n) is 3.35. The number of methoxy groups -OCH3 is 2. The van der Waals surface area contributed by atoms with E-state index < -0.39 is 10.0 Å². The predicted molar refractivity (Wildman–Crippen MR) is 94.2 cm³/mol. The molecule has 0 amide bonds. The average molecular weight is 368 g/mol. The van der Waals surface area contributed by atoms with Gasteiger partial charge in [-0.05, 0) is 30.3 Å². The molecule has 0 saturated carbocycles. The Kier molecular flexibility index (Phi) is 6.09. The summed E-state index contributed by atoms with van der Waals surface area (Å²) in [5.74, 6) is 2.16. The molecule has 1 heterocycles. The molecule has 6 nitrogen and oxygen atoms in total. The molecule has 0 atom stereocenters. The van der Waals surface area contributed by atoms with Gasteiger partial charge < -0.3 is 9.47 Å². The first-order valence-corrected chi connectivity index (χ1v) is 9.53. The van der Waals surface area contributed by atoms with Crippen molar-refractivity contribution < 1.29 is 17.9 Å². The second kappa shape index (κ2) is 7.87. The van der Waals surface area contributed by atoms with Gasteiger partial charge in [0, 0.05) is 31.6 Å². The van der Waals surface area contributed by atoms with Gasteiger partial charge in [-0.3, -0.25) is 0 Å². The van der Waals surface area contributed by atoms with Gasteiger partial charge in [-0.25, -0.2) is 17.7 Å². The van der Waals surface area contributed by atoms with Crippen molar-refractivity contribution in [2.24, 2.45) is 0 Å². The molecule has 0 radical (unpaired) electrons. The summed E-state index contributed by atoms with van der Waals surface area (Å²) in [5, 5.41) is 0.734. The quantitative estimate of drug-likeness (QED) is 0.700. The minimum absolute atomic E-state index is 0.177. The highest BCUT2D eigenvalue weighted by molar-refractivity contribution is 7.98. The summed E-state index contributed by atoms with van der Waals surface area (Å²) in [6.07, 6.45) is 1.38. The maximum atomic E-state index is 12.0. The van der Waals surface area contributed by atoms with Crippen LogP contribution in [0.5, 0.6) is 11.5 Å². The molecule has 0 aliphatic rings. The number of hydrogen-bond acceptors (Lipinski definition) is 6. The van der Waals surface area contributed by atoms with Crippen molar-refractivity contribution in [3.63, 3.8) is 0 Å². The van der Waals surface area contributed by atoms with Crippen LogP contribution in [0.1, 0.15) is 5.56 Å². The van der Waals surface area contributed by atoms with Gasteiger partial charge >= 0.3 is 0 Å². The number of ether oxygens (including phenoxy) is 2. The maximum Gasteiger partial charge on any atom is 0.244 e. The Balaban J connectivity index is 2.13. The molecule has 0 aliphatic heterocycles. The van der Waals surface area contributed by atoms with E-state index in [9.17, 15) is 8.42 Å². The molecule has 0 fully saturated rings. The molecule has 0 spiro atoms. The van der Waals surface area contributed by atoms with E-state index in [1.54, 1.807) is 26.4 Å². The first-order valence-electron chi connectivity index (χ1n) is 7.10. The van der Waals surface area contributed by atoms with Gasteiger partial charge in [0.25, 0.3) is 0 Å². The van der Waals surface area contributed by atoms with Gasteiger partial charge in [0.2, 0.25) is 10.0 Å². The van der Waals surface area contributed by atoms with Crippen LogP contribution in [0.25, 0.3) is 0 Å². The van der Waals surface area contributed by atoms with E-state index in [2.05, 4.69) is 4.98 Å². The third-order valence-corrected chi connectivity index (χ3v) is 6.14. The lowest BCUT2D eigenvalue weighted by Crippen LogP contribution is -2.22. The largest absolute Gasteiger partial charge is 0.497 e. The Morgan fingerprint density at radius 2 is 1.88 bits per heavy atom. The van der Waals surface area contributed by atoms with Gasteiger partial charge in [0.05, 0.1) is 19.2 Å². The topological polar surface area (TPSA) is 68.7 Å². The number of pyridine rings is 1. The Morgan fingerprint density at radius 3 is 2.42 bits per heavy atom. The minimum Gasteiger partial charge on any atom is -0.497 e. The van der Waals surface area contributed by atoms with Crippen LogP contribution in [0.3, 0.4) is 0 Å². The fourth-order valence-corrected chi connectivity index (χ4v) is 3.63. The highest BCUT2D eigenvalue weighted by Crippen LogP contribution is 2.30. The van der Waals surface area contributed by atoms with Gasteiger partial charge in [-0.2, -0.15) is 0 Å². The number of aromatic nitrogens is 1. The molecule has 0 bridgehead atoms. The van der Waals surface area contributed by atoms with Crippen molar-refractivity contribution >= 4 is 21.8 Å². The monoisotopic (exact) mass is 368 g/mol. The van der Waals surface area contributed by atoms with Crippen LogP contribution in [0.4, 0.5) is 0 Å². The summed E-state index contributed by atoms with van der Waals surface area (Å²) < 4.78 is 35.8. The number of benzene rings is 1. The Labute approximate surface area is 146 Å². The number of rotatable bonds is 7. The van der Waals surface area contributed by atoms with E-state index in [4.69, 9.17) is 9.47 Å². The fraction of sp³-hybridized carbons (Fsp3) is 0.312. The fourth-order valence-electron chi connectivity index (χ4n) is 1.96. The number of thioether (sulfide) groups is 1. The standard InChI is InChI=1S/C16H20N2O4S2/c1-18(2)24(19,20)14-6-8-16(17-10-14)23-11-12-9-13(21-3)5-7-15(12)22-4/h5-10H,11H2,1-4H3. The number of nitrogens with zero attached hydrogens (tertiary/aromatic N) is 2. The van der Waals surface area contributed by atoms with E-state index in [1.165, 1.54) is 32.1 Å². The predicted octanol–water partition coefficient (Wildman–Crippen LogP) is 2.64. The number of sulfonamides is 1. The lowest BCUT2D eigenvalue weighted by molar-refractivity contribution is 0.400. The van der Waals surface area contributed by atoms with Crippen molar-refractivity contribution in [1.29, 1.82) is 0 Å². The second-order valence-corrected chi connectivity index (χ2v) is 8.23. The summed E-state index contributed by atoms with van der Waals surface area (Å²) in [4.78, 5) is 4.40. The van der Waals surface area contributed by atoms with Crippen molar-refractivity contribution in [2.45, 2.75) is 15.7 Å². The molecule has 8 heteroatoms. The zero-order valence-corrected chi connectivity index (χ0v) is 15.6. The van der Waals surface area contributed by atoms with Crippen molar-refractivity contribution in [3.8, 4) is 11.5 Å². The zero-order valence-electron chi connectivity index (χ0n) is 14.0. The highest BCUT2D eigenvalue weighted by atomic mass is 32.2. The molecule has 2 aromatic rings. The Morgan fingerprint density at radius 1 is 1.12 bits per heavy atom. The van der Waals surface area contributed by atoms with Crippen molar-refractivity contribution in [1.82, 2.24) is 9.29 Å². The molecular weight excluding hydrogens is 348 g/mol. The Bertz CT molecular complexity index is 790. The summed E-state index contributed by atoms with van der Waals surface area (Å²) in [6.45, 7) is 0. The van der Waals surface area contributed by atoms with Crippen LogP contribution in [0.15, 0.2) is 46.5 Å². The smallest absolute Gasteiger partial charge is 0.244 e. The summed E-state index contributed by atoms with van der Waals surface area (Å²) in [7, 11) is 2.77. The first kappa shape index (κ1) is 18.6. The lowest BCUT2D eigenvalue weighted by atomic mass is 10.2. The molecule has 1 aromatic carbocycles. The first-order chi connectivity index (χ1) is 11.4. The second-order valence-electron chi connectivity index (χ2n) is 5.09. The van der Waals surface area contributed by atoms with Gasteiger partial charge in [0.1, 0.15) is 16.4 Å². The number of hydrogen-bond donors (Lipinski definition) is 0. The molecule has 0 unspecified atom stereocenters. The van der Waals surface area contributed by atoms with E-state index in [0.29, 0.717) is 5.75 Å². The van der Waals surface area contributed by atoms with Crippen LogP contribution in [0, 0.1) is 0 Å². The van der Waals surface area contributed by atoms with E-state index in [0.717, 1.165) is 26.4 Å². The van der Waals surface area contributed by atoms with Crippen molar-refractivity contribution in [2.75, 3.05) is 28.3 Å². The average Bonchev–Trinajstić information content (AvgIpc) is 2.59. The van der Waals surface area contributed by atoms with Gasteiger partial charge in [-0.1, -0.05) is 0 Å². The molecule has 0 saturated heterocycles. The SMILES string of the molecule is COc1ccc(OC)c(CSc2ccc(S(=O)(=O)N(C)C)cn2)c1. The molecular formula is C16H20N2O4S2. The van der Waals surface area contributed by atoms with E-state index >= 15 is 0 Å². The zero-order chi connectivity index (χ0) is 17.7. The molecule has 2 rings (SSSR count).